The zero-order valence-corrected chi connectivity index (χ0v) is 31.3. The number of hydrogen-bond donors (Lipinski definition) is 0. The van der Waals surface area contributed by atoms with Crippen LogP contribution in [0.1, 0.15) is 63.4 Å². The first kappa shape index (κ1) is 37.9. The monoisotopic (exact) mass is 754 g/mol. The number of aromatic nitrogens is 2. The van der Waals surface area contributed by atoms with Crippen LogP contribution >= 0.6 is 0 Å². The largest absolute Gasteiger partial charge is 0.493 e. The van der Waals surface area contributed by atoms with Gasteiger partial charge in [0.05, 0.1) is 37.9 Å². The molecule has 1 atom stereocenters. The first-order valence-electron chi connectivity index (χ1n) is 18.6. The SMILES string of the molecule is COc1cc(C(=O)N2CCC(CCN3CCC(C(=O)c4nc5ccccc5n4Cc4cccc(C(F)(F)F)c4)CC3)(c3ccccc3)C2)cc(OC)c1OC. The minimum atomic E-state index is -4.46. The van der Waals surface area contributed by atoms with Gasteiger partial charge in [-0.1, -0.05) is 54.6 Å². The van der Waals surface area contributed by atoms with Gasteiger partial charge in [-0.25, -0.2) is 4.98 Å². The topological polar surface area (TPSA) is 86.1 Å². The number of imidazole rings is 1. The van der Waals surface area contributed by atoms with Crippen molar-refractivity contribution in [2.75, 3.05) is 54.1 Å². The second-order valence-electron chi connectivity index (χ2n) is 14.5. The number of benzene rings is 4. The van der Waals surface area contributed by atoms with Crippen LogP contribution < -0.4 is 14.2 Å². The highest BCUT2D eigenvalue weighted by Crippen LogP contribution is 2.42. The summed E-state index contributed by atoms with van der Waals surface area (Å²) in [5, 5.41) is 0. The number of carbonyl (C=O) groups excluding carboxylic acids is 2. The molecule has 2 aliphatic rings. The molecule has 2 fully saturated rings. The minimum Gasteiger partial charge on any atom is -0.493 e. The molecule has 3 heterocycles. The number of nitrogens with zero attached hydrogens (tertiary/aromatic N) is 4. The summed E-state index contributed by atoms with van der Waals surface area (Å²) in [4.78, 5) is 37.1. The van der Waals surface area contributed by atoms with Crippen LogP contribution in [0, 0.1) is 5.92 Å². The lowest BCUT2D eigenvalue weighted by molar-refractivity contribution is -0.137. The van der Waals surface area contributed by atoms with Crippen molar-refractivity contribution in [2.45, 2.75) is 43.8 Å². The summed E-state index contributed by atoms with van der Waals surface area (Å²) in [6.07, 6.45) is -1.52. The number of likely N-dealkylation sites (tertiary alicyclic amines) is 2. The Bertz CT molecular complexity index is 2140. The Hall–Kier alpha value is -5.36. The fourth-order valence-electron chi connectivity index (χ4n) is 8.23. The molecular formula is C43H45F3N4O5. The number of amides is 1. The zero-order valence-electron chi connectivity index (χ0n) is 31.3. The fraction of sp³-hybridized carbons (Fsp3) is 0.372. The third-order valence-corrected chi connectivity index (χ3v) is 11.3. The van der Waals surface area contributed by atoms with Crippen LogP contribution in [0.15, 0.2) is 91.0 Å². The van der Waals surface area contributed by atoms with Crippen LogP contribution in [0.2, 0.25) is 0 Å². The molecule has 4 aromatic carbocycles. The van der Waals surface area contributed by atoms with E-state index in [1.54, 1.807) is 22.8 Å². The minimum absolute atomic E-state index is 0.0830. The van der Waals surface area contributed by atoms with E-state index in [1.807, 2.05) is 47.4 Å². The summed E-state index contributed by atoms with van der Waals surface area (Å²) in [5.41, 5.74) is 2.48. The molecule has 7 rings (SSSR count). The first-order valence-corrected chi connectivity index (χ1v) is 18.6. The van der Waals surface area contributed by atoms with Crippen LogP contribution in [0.4, 0.5) is 13.2 Å². The van der Waals surface area contributed by atoms with E-state index in [-0.39, 0.29) is 35.4 Å². The maximum absolute atomic E-state index is 14.1. The molecule has 0 aliphatic carbocycles. The van der Waals surface area contributed by atoms with E-state index in [0.717, 1.165) is 44.6 Å². The van der Waals surface area contributed by atoms with Gasteiger partial charge in [-0.05, 0) is 92.8 Å². The lowest BCUT2D eigenvalue weighted by Crippen LogP contribution is -2.41. The van der Waals surface area contributed by atoms with Crippen LogP contribution in [-0.4, -0.2) is 85.1 Å². The summed E-state index contributed by atoms with van der Waals surface area (Å²) >= 11 is 0. The zero-order chi connectivity index (χ0) is 38.7. The van der Waals surface area contributed by atoms with Crippen molar-refractivity contribution in [3.8, 4) is 17.2 Å². The van der Waals surface area contributed by atoms with E-state index < -0.39 is 11.7 Å². The van der Waals surface area contributed by atoms with Gasteiger partial charge in [0, 0.05) is 36.5 Å². The molecule has 55 heavy (non-hydrogen) atoms. The highest BCUT2D eigenvalue weighted by atomic mass is 19.4. The molecule has 0 N–H and O–H groups in total. The molecule has 1 unspecified atom stereocenters. The number of ketones is 1. The highest BCUT2D eigenvalue weighted by molar-refractivity contribution is 5.98. The Morgan fingerprint density at radius 2 is 1.53 bits per heavy atom. The van der Waals surface area contributed by atoms with Gasteiger partial charge in [0.15, 0.2) is 17.3 Å². The van der Waals surface area contributed by atoms with Gasteiger partial charge < -0.3 is 28.6 Å². The summed E-state index contributed by atoms with van der Waals surface area (Å²) in [6.45, 7) is 3.51. The molecule has 0 spiro atoms. The molecule has 2 aliphatic heterocycles. The van der Waals surface area contributed by atoms with E-state index in [9.17, 15) is 22.8 Å². The van der Waals surface area contributed by atoms with E-state index in [4.69, 9.17) is 19.2 Å². The predicted molar refractivity (Wildman–Crippen MR) is 203 cm³/mol. The standard InChI is InChI=1S/C43H45F3N4O5/c1-53-36-25-31(26-37(54-2)39(36)55-3)41(52)49-23-19-42(28-49,32-11-5-4-6-12-32)18-22-48-20-16-30(17-21-48)38(51)40-47-34-14-7-8-15-35(34)50(40)27-29-10-9-13-33(24-29)43(44,45)46/h4-15,24-26,30H,16-23,27-28H2,1-3H3. The molecule has 0 saturated carbocycles. The second kappa shape index (κ2) is 15.8. The Labute approximate surface area is 318 Å². The fourth-order valence-corrected chi connectivity index (χ4v) is 8.23. The van der Waals surface area contributed by atoms with E-state index in [2.05, 4.69) is 17.0 Å². The smallest absolute Gasteiger partial charge is 0.416 e. The van der Waals surface area contributed by atoms with Crippen molar-refractivity contribution in [1.29, 1.82) is 0 Å². The maximum Gasteiger partial charge on any atom is 0.416 e. The van der Waals surface area contributed by atoms with E-state index in [0.29, 0.717) is 65.3 Å². The molecule has 288 valence electrons. The van der Waals surface area contributed by atoms with E-state index >= 15 is 0 Å². The molecule has 0 bridgehead atoms. The second-order valence-corrected chi connectivity index (χ2v) is 14.5. The normalized spacial score (nSPS) is 18.1. The van der Waals surface area contributed by atoms with Gasteiger partial charge in [0.2, 0.25) is 11.5 Å². The van der Waals surface area contributed by atoms with Crippen molar-refractivity contribution in [3.05, 3.63) is 119 Å². The Morgan fingerprint density at radius 1 is 0.836 bits per heavy atom. The highest BCUT2D eigenvalue weighted by Gasteiger charge is 2.42. The number of methoxy groups -OCH3 is 3. The van der Waals surface area contributed by atoms with Gasteiger partial charge in [0.1, 0.15) is 0 Å². The molecular weight excluding hydrogens is 709 g/mol. The van der Waals surface area contributed by atoms with Crippen LogP contribution in [0.5, 0.6) is 17.2 Å². The molecule has 2 saturated heterocycles. The number of para-hydroxylation sites is 2. The molecule has 1 amide bonds. The average Bonchev–Trinajstić information content (AvgIpc) is 3.82. The number of ether oxygens (including phenoxy) is 3. The quantitative estimate of drug-likeness (QED) is 0.120. The number of fused-ring (bicyclic) bond motifs is 1. The number of Topliss-reactive ketones (excluding diaryl/α,β-unsaturated/α-hetero) is 1. The van der Waals surface area contributed by atoms with Crippen molar-refractivity contribution in [2.24, 2.45) is 5.92 Å². The van der Waals surface area contributed by atoms with Crippen molar-refractivity contribution < 1.29 is 37.0 Å². The van der Waals surface area contributed by atoms with E-state index in [1.165, 1.54) is 33.0 Å². The first-order chi connectivity index (χ1) is 26.5. The number of hydrogen-bond acceptors (Lipinski definition) is 7. The summed E-state index contributed by atoms with van der Waals surface area (Å²) in [7, 11) is 4.59. The summed E-state index contributed by atoms with van der Waals surface area (Å²) in [6, 6.07) is 26.3. The van der Waals surface area contributed by atoms with Crippen molar-refractivity contribution >= 4 is 22.7 Å². The van der Waals surface area contributed by atoms with Gasteiger partial charge in [-0.15, -0.1) is 0 Å². The summed E-state index contributed by atoms with van der Waals surface area (Å²) in [5.74, 6) is 1.12. The number of rotatable bonds is 12. The number of piperidine rings is 1. The predicted octanol–water partition coefficient (Wildman–Crippen LogP) is 7.90. The Morgan fingerprint density at radius 3 is 2.20 bits per heavy atom. The van der Waals surface area contributed by atoms with Crippen LogP contribution in [0.25, 0.3) is 11.0 Å². The molecule has 1 aromatic heterocycles. The van der Waals surface area contributed by atoms with Crippen LogP contribution in [0.3, 0.4) is 0 Å². The number of carbonyl (C=O) groups is 2. The molecule has 12 heteroatoms. The molecule has 9 nitrogen and oxygen atoms in total. The van der Waals surface area contributed by atoms with Crippen LogP contribution in [-0.2, 0) is 18.1 Å². The lowest BCUT2D eigenvalue weighted by Gasteiger charge is -2.36. The summed E-state index contributed by atoms with van der Waals surface area (Å²) < 4.78 is 58.8. The number of halogens is 3. The Balaban J connectivity index is 1.04. The average molecular weight is 755 g/mol. The number of alkyl halides is 3. The third kappa shape index (κ3) is 7.78. The molecule has 5 aromatic rings. The van der Waals surface area contributed by atoms with Gasteiger partial charge in [-0.2, -0.15) is 13.2 Å². The molecule has 0 radical (unpaired) electrons. The van der Waals surface area contributed by atoms with Crippen molar-refractivity contribution in [3.63, 3.8) is 0 Å². The van der Waals surface area contributed by atoms with Gasteiger partial charge >= 0.3 is 6.18 Å². The van der Waals surface area contributed by atoms with Gasteiger partial charge in [-0.3, -0.25) is 9.59 Å². The van der Waals surface area contributed by atoms with Crippen molar-refractivity contribution in [1.82, 2.24) is 19.4 Å². The van der Waals surface area contributed by atoms with Gasteiger partial charge in [0.25, 0.3) is 5.91 Å². The third-order valence-electron chi connectivity index (χ3n) is 11.3. The lowest BCUT2D eigenvalue weighted by atomic mass is 9.76. The maximum atomic E-state index is 14.1. The Kier molecular flexibility index (Phi) is 10.9.